The van der Waals surface area contributed by atoms with Crippen LogP contribution in [0.3, 0.4) is 0 Å². The first-order chi connectivity index (χ1) is 17.6. The van der Waals surface area contributed by atoms with E-state index in [2.05, 4.69) is 0 Å². The van der Waals surface area contributed by atoms with Gasteiger partial charge in [0.15, 0.2) is 5.78 Å². The van der Waals surface area contributed by atoms with Crippen molar-refractivity contribution in [2.24, 2.45) is 17.3 Å². The molecule has 1 aromatic carbocycles. The van der Waals surface area contributed by atoms with Gasteiger partial charge in [0, 0.05) is 37.4 Å². The fourth-order valence-electron chi connectivity index (χ4n) is 7.83. The van der Waals surface area contributed by atoms with Crippen LogP contribution in [-0.4, -0.2) is 53.5 Å². The standard InChI is InChI=1S/C29H32F5NO3/c1-26-15-22(16-4-6-17(7-5-16)25(37)35(2)3)24-20-11-9-19(36)14-18(20)8-10-21(24)23(26)12-13-27(26,38)28(30,31)29(32,33)34/h4-7,14,21-23,38H,8-13,15H2,1-3H3/t21?,22-,23?,26?,27+/m1/s1. The molecule has 0 aromatic heterocycles. The first kappa shape index (κ1) is 27.0. The lowest BCUT2D eigenvalue weighted by molar-refractivity contribution is -0.362. The van der Waals surface area contributed by atoms with Crippen molar-refractivity contribution in [1.82, 2.24) is 4.90 Å². The van der Waals surface area contributed by atoms with Crippen LogP contribution in [0.4, 0.5) is 22.0 Å². The van der Waals surface area contributed by atoms with Gasteiger partial charge in [-0.3, -0.25) is 9.59 Å². The molecule has 1 N–H and O–H groups in total. The van der Waals surface area contributed by atoms with Crippen LogP contribution in [0.2, 0.25) is 0 Å². The minimum Gasteiger partial charge on any atom is -0.383 e. The highest BCUT2D eigenvalue weighted by Gasteiger charge is 2.79. The van der Waals surface area contributed by atoms with E-state index in [-0.39, 0.29) is 30.4 Å². The number of halogens is 5. The van der Waals surface area contributed by atoms with Crippen LogP contribution < -0.4 is 0 Å². The molecule has 0 spiro atoms. The lowest BCUT2D eigenvalue weighted by Crippen LogP contribution is -2.65. The third-order valence-electron chi connectivity index (χ3n) is 9.73. The zero-order valence-corrected chi connectivity index (χ0v) is 21.7. The van der Waals surface area contributed by atoms with E-state index in [0.717, 1.165) is 16.7 Å². The fourth-order valence-corrected chi connectivity index (χ4v) is 7.83. The van der Waals surface area contributed by atoms with E-state index < -0.39 is 41.4 Å². The second-order valence-corrected chi connectivity index (χ2v) is 11.8. The molecule has 3 unspecified atom stereocenters. The molecule has 206 valence electrons. The van der Waals surface area contributed by atoms with Gasteiger partial charge in [0.25, 0.3) is 5.91 Å². The molecule has 0 aliphatic heterocycles. The second kappa shape index (κ2) is 8.73. The van der Waals surface area contributed by atoms with Gasteiger partial charge in [-0.25, -0.2) is 0 Å². The predicted molar refractivity (Wildman–Crippen MR) is 131 cm³/mol. The van der Waals surface area contributed by atoms with Gasteiger partial charge < -0.3 is 10.0 Å². The molecule has 2 saturated carbocycles. The summed E-state index contributed by atoms with van der Waals surface area (Å²) >= 11 is 0. The van der Waals surface area contributed by atoms with Crippen molar-refractivity contribution in [3.05, 3.63) is 58.2 Å². The molecule has 38 heavy (non-hydrogen) atoms. The molecule has 5 atom stereocenters. The summed E-state index contributed by atoms with van der Waals surface area (Å²) in [6.45, 7) is 1.40. The number of fused-ring (bicyclic) bond motifs is 4. The first-order valence-corrected chi connectivity index (χ1v) is 13.1. The van der Waals surface area contributed by atoms with Crippen molar-refractivity contribution in [3.8, 4) is 0 Å². The van der Waals surface area contributed by atoms with Crippen LogP contribution >= 0.6 is 0 Å². The van der Waals surface area contributed by atoms with Gasteiger partial charge in [-0.2, -0.15) is 22.0 Å². The number of hydrogen-bond donors (Lipinski definition) is 1. The molecule has 0 radical (unpaired) electrons. The van der Waals surface area contributed by atoms with Crippen LogP contribution in [0.1, 0.15) is 73.7 Å². The van der Waals surface area contributed by atoms with E-state index in [0.29, 0.717) is 36.8 Å². The van der Waals surface area contributed by atoms with Gasteiger partial charge in [-0.1, -0.05) is 24.6 Å². The lowest BCUT2D eigenvalue weighted by Gasteiger charge is -2.56. The predicted octanol–water partition coefficient (Wildman–Crippen LogP) is 6.22. The van der Waals surface area contributed by atoms with E-state index in [4.69, 9.17) is 0 Å². The van der Waals surface area contributed by atoms with Crippen molar-refractivity contribution >= 4 is 11.7 Å². The average Bonchev–Trinajstić information content (AvgIpc) is 3.13. The maximum atomic E-state index is 15.0. The van der Waals surface area contributed by atoms with Crippen molar-refractivity contribution in [1.29, 1.82) is 0 Å². The Morgan fingerprint density at radius 3 is 2.29 bits per heavy atom. The molecule has 0 saturated heterocycles. The number of amides is 1. The Balaban J connectivity index is 1.66. The third kappa shape index (κ3) is 3.71. The molecule has 1 amide bonds. The van der Waals surface area contributed by atoms with E-state index in [1.165, 1.54) is 11.8 Å². The molecule has 0 heterocycles. The molecule has 0 bridgehead atoms. The van der Waals surface area contributed by atoms with E-state index >= 15 is 8.78 Å². The van der Waals surface area contributed by atoms with Crippen LogP contribution in [0.25, 0.3) is 0 Å². The zero-order chi connectivity index (χ0) is 27.8. The van der Waals surface area contributed by atoms with Crippen LogP contribution in [-0.2, 0) is 4.79 Å². The number of ketones is 1. The Kier molecular flexibility index (Phi) is 6.21. The molecule has 5 rings (SSSR count). The summed E-state index contributed by atoms with van der Waals surface area (Å²) in [4.78, 5) is 26.0. The summed E-state index contributed by atoms with van der Waals surface area (Å²) in [5.41, 5.74) is -0.861. The van der Waals surface area contributed by atoms with Gasteiger partial charge in [0.1, 0.15) is 5.60 Å². The van der Waals surface area contributed by atoms with Crippen LogP contribution in [0.5, 0.6) is 0 Å². The van der Waals surface area contributed by atoms with Gasteiger partial charge in [-0.15, -0.1) is 0 Å². The number of aliphatic hydroxyl groups is 1. The molecular weight excluding hydrogens is 505 g/mol. The van der Waals surface area contributed by atoms with E-state index in [1.54, 1.807) is 44.4 Å². The number of allylic oxidation sites excluding steroid dienone is 4. The number of carbonyl (C=O) groups is 2. The minimum absolute atomic E-state index is 0.0339. The Morgan fingerprint density at radius 1 is 1.03 bits per heavy atom. The molecule has 1 aromatic rings. The topological polar surface area (TPSA) is 57.6 Å². The second-order valence-electron chi connectivity index (χ2n) is 11.8. The van der Waals surface area contributed by atoms with Gasteiger partial charge in [-0.05, 0) is 85.3 Å². The maximum absolute atomic E-state index is 15.0. The van der Waals surface area contributed by atoms with Crippen LogP contribution in [0.15, 0.2) is 47.1 Å². The Hall–Kier alpha value is -2.55. The number of benzene rings is 1. The normalized spacial score (nSPS) is 33.3. The number of hydrogen-bond acceptors (Lipinski definition) is 3. The Labute approximate surface area is 218 Å². The summed E-state index contributed by atoms with van der Waals surface area (Å²) in [7, 11) is 3.24. The van der Waals surface area contributed by atoms with Crippen molar-refractivity contribution in [2.45, 2.75) is 75.5 Å². The quantitative estimate of drug-likeness (QED) is 0.466. The van der Waals surface area contributed by atoms with Gasteiger partial charge in [0.2, 0.25) is 0 Å². The van der Waals surface area contributed by atoms with Gasteiger partial charge in [0.05, 0.1) is 0 Å². The van der Waals surface area contributed by atoms with Crippen molar-refractivity contribution in [2.75, 3.05) is 14.1 Å². The van der Waals surface area contributed by atoms with Gasteiger partial charge >= 0.3 is 12.1 Å². The largest absolute Gasteiger partial charge is 0.456 e. The van der Waals surface area contributed by atoms with Crippen LogP contribution in [0, 0.1) is 17.3 Å². The maximum Gasteiger partial charge on any atom is 0.456 e. The molecule has 4 nitrogen and oxygen atoms in total. The van der Waals surface area contributed by atoms with Crippen molar-refractivity contribution in [3.63, 3.8) is 0 Å². The highest BCUT2D eigenvalue weighted by Crippen LogP contribution is 2.70. The first-order valence-electron chi connectivity index (χ1n) is 13.1. The van der Waals surface area contributed by atoms with E-state index in [1.807, 2.05) is 0 Å². The Bertz CT molecular complexity index is 1230. The Morgan fingerprint density at radius 2 is 1.68 bits per heavy atom. The molecule has 2 fully saturated rings. The minimum atomic E-state index is -5.88. The summed E-state index contributed by atoms with van der Waals surface area (Å²) in [5, 5.41) is 11.3. The number of carbonyl (C=O) groups excluding carboxylic acids is 2. The monoisotopic (exact) mass is 537 g/mol. The fraction of sp³-hybridized carbons (Fsp3) is 0.586. The smallest absolute Gasteiger partial charge is 0.383 e. The molecule has 9 heteroatoms. The SMILES string of the molecule is CN(C)C(=O)c1ccc([C@H]2CC3(C)C(CC[C@@]3(O)C(F)(F)C(F)(F)F)C3CCC4=CC(=O)CCC4=C32)cc1. The summed E-state index contributed by atoms with van der Waals surface area (Å²) in [6, 6.07) is 6.75. The number of alkyl halides is 5. The lowest BCUT2D eigenvalue weighted by atomic mass is 9.50. The summed E-state index contributed by atoms with van der Waals surface area (Å²) in [6.07, 6.45) is -2.96. The highest BCUT2D eigenvalue weighted by atomic mass is 19.4. The molecule has 4 aliphatic carbocycles. The molecular formula is C29H32F5NO3. The van der Waals surface area contributed by atoms with E-state index in [9.17, 15) is 27.9 Å². The highest BCUT2D eigenvalue weighted by molar-refractivity contribution is 5.94. The molecule has 4 aliphatic rings. The number of rotatable bonds is 3. The average molecular weight is 538 g/mol. The summed E-state index contributed by atoms with van der Waals surface area (Å²) < 4.78 is 71.1. The zero-order valence-electron chi connectivity index (χ0n) is 21.7. The third-order valence-corrected chi connectivity index (χ3v) is 9.73. The number of nitrogens with zero attached hydrogens (tertiary/aromatic N) is 1. The van der Waals surface area contributed by atoms with Crippen molar-refractivity contribution < 1.29 is 36.6 Å². The summed E-state index contributed by atoms with van der Waals surface area (Å²) in [5.74, 6) is -6.79.